The fourth-order valence-corrected chi connectivity index (χ4v) is 2.80. The second kappa shape index (κ2) is 4.82. The average molecular weight is 269 g/mol. The second-order valence-electron chi connectivity index (χ2n) is 5.71. The molecule has 0 amide bonds. The van der Waals surface area contributed by atoms with E-state index in [1.54, 1.807) is 25.2 Å². The molecule has 0 fully saturated rings. The number of aliphatic carboxylic acids is 1. The molecule has 1 aromatic heterocycles. The Morgan fingerprint density at radius 2 is 1.95 bits per heavy atom. The maximum absolute atomic E-state index is 9.70. The lowest BCUT2D eigenvalue weighted by Crippen LogP contribution is -2.03. The van der Waals surface area contributed by atoms with Crippen molar-refractivity contribution in [3.05, 3.63) is 47.8 Å². The van der Waals surface area contributed by atoms with E-state index in [0.29, 0.717) is 0 Å². The van der Waals surface area contributed by atoms with Crippen LogP contribution in [0.25, 0.3) is 11.1 Å². The molecule has 0 saturated carbocycles. The molecule has 1 aromatic carbocycles. The number of carbonyl (C=O) groups is 1. The molecular weight excluding hydrogens is 250 g/mol. The minimum atomic E-state index is -0.741. The summed E-state index contributed by atoms with van der Waals surface area (Å²) in [6.45, 7) is 3.28. The zero-order valence-electron chi connectivity index (χ0n) is 11.8. The first-order chi connectivity index (χ1) is 9.59. The van der Waals surface area contributed by atoms with Crippen LogP contribution in [0.4, 0.5) is 0 Å². The highest BCUT2D eigenvalue weighted by atomic mass is 16.4. The molecule has 2 aliphatic heterocycles. The Morgan fingerprint density at radius 3 is 2.50 bits per heavy atom. The van der Waals surface area contributed by atoms with E-state index in [1.807, 2.05) is 0 Å². The molecule has 0 bridgehead atoms. The molecule has 1 atom stereocenters. The monoisotopic (exact) mass is 269 g/mol. The summed E-state index contributed by atoms with van der Waals surface area (Å²) in [5.41, 5.74) is 5.97. The number of carboxylic acid groups (broad SMARTS) is 1. The van der Waals surface area contributed by atoms with Gasteiger partial charge in [0.15, 0.2) is 0 Å². The van der Waals surface area contributed by atoms with Crippen LogP contribution in [0.1, 0.15) is 37.7 Å². The molecule has 0 saturated heterocycles. The molecule has 3 heterocycles. The van der Waals surface area contributed by atoms with Crippen molar-refractivity contribution in [1.82, 2.24) is 4.57 Å². The van der Waals surface area contributed by atoms with E-state index in [9.17, 15) is 4.79 Å². The van der Waals surface area contributed by atoms with Gasteiger partial charge in [-0.2, -0.15) is 0 Å². The van der Waals surface area contributed by atoms with Gasteiger partial charge in [0.2, 0.25) is 0 Å². The lowest BCUT2D eigenvalue weighted by Gasteiger charge is -2.00. The number of fused-ring (bicyclic) bond motifs is 1. The maximum Gasteiger partial charge on any atom is 0.305 e. The summed E-state index contributed by atoms with van der Waals surface area (Å²) in [6.07, 6.45) is 2.62. The highest BCUT2D eigenvalue weighted by Crippen LogP contribution is 2.51. The minimum Gasteiger partial charge on any atom is -0.481 e. The Morgan fingerprint density at radius 1 is 1.30 bits per heavy atom. The van der Waals surface area contributed by atoms with E-state index in [4.69, 9.17) is 5.11 Å². The van der Waals surface area contributed by atoms with E-state index in [2.05, 4.69) is 41.0 Å². The lowest BCUT2D eigenvalue weighted by molar-refractivity contribution is -0.140. The average Bonchev–Trinajstić information content (AvgIpc) is 2.80. The van der Waals surface area contributed by atoms with Gasteiger partial charge in [-0.15, -0.1) is 0 Å². The van der Waals surface area contributed by atoms with Crippen molar-refractivity contribution in [2.24, 2.45) is 5.92 Å². The minimum absolute atomic E-state index is 0.231. The smallest absolute Gasteiger partial charge is 0.305 e. The van der Waals surface area contributed by atoms with Gasteiger partial charge < -0.3 is 9.67 Å². The van der Waals surface area contributed by atoms with E-state index < -0.39 is 5.97 Å². The second-order valence-corrected chi connectivity index (χ2v) is 5.71. The van der Waals surface area contributed by atoms with E-state index in [-0.39, 0.29) is 5.92 Å². The molecular formula is C17H19NO2. The summed E-state index contributed by atoms with van der Waals surface area (Å²) < 4.78 is 2.50. The summed E-state index contributed by atoms with van der Waals surface area (Å²) >= 11 is 0. The third-order valence-corrected chi connectivity index (χ3v) is 3.99. The Balaban J connectivity index is 0.000000175. The van der Waals surface area contributed by atoms with E-state index >= 15 is 0 Å². The number of nitrogens with zero attached hydrogens (tertiary/aromatic N) is 1. The number of rotatable bonds is 2. The molecule has 1 unspecified atom stereocenters. The topological polar surface area (TPSA) is 42.2 Å². The maximum atomic E-state index is 9.70. The summed E-state index contributed by atoms with van der Waals surface area (Å²) in [4.78, 5) is 9.70. The number of aromatic nitrogens is 1. The summed E-state index contributed by atoms with van der Waals surface area (Å²) in [5.74, 6) is -0.972. The van der Waals surface area contributed by atoms with Crippen LogP contribution in [0.5, 0.6) is 0 Å². The quantitative estimate of drug-likeness (QED) is 0.902. The van der Waals surface area contributed by atoms with Crippen molar-refractivity contribution >= 4 is 5.97 Å². The van der Waals surface area contributed by atoms with Crippen LogP contribution in [0.3, 0.4) is 0 Å². The molecule has 2 aromatic rings. The Kier molecular flexibility index (Phi) is 3.13. The Labute approximate surface area is 118 Å². The SMILES string of the molecule is CC(C)C(=O)O.c1ccc(-c2cc3n4c2CCC34)cc1. The molecule has 3 nitrogen and oxygen atoms in total. The summed E-state index contributed by atoms with van der Waals surface area (Å²) in [7, 11) is 0. The van der Waals surface area contributed by atoms with Crippen LogP contribution in [0, 0.1) is 5.92 Å². The molecule has 3 heteroatoms. The van der Waals surface area contributed by atoms with E-state index in [0.717, 1.165) is 6.04 Å². The van der Waals surface area contributed by atoms with Crippen LogP contribution < -0.4 is 0 Å². The van der Waals surface area contributed by atoms with Crippen molar-refractivity contribution in [3.63, 3.8) is 0 Å². The van der Waals surface area contributed by atoms with Crippen LogP contribution in [0.15, 0.2) is 36.4 Å². The third kappa shape index (κ3) is 2.13. The van der Waals surface area contributed by atoms with Crippen molar-refractivity contribution in [3.8, 4) is 11.1 Å². The fourth-order valence-electron chi connectivity index (χ4n) is 2.80. The van der Waals surface area contributed by atoms with Crippen LogP contribution in [0.2, 0.25) is 0 Å². The molecule has 0 spiro atoms. The summed E-state index contributed by atoms with van der Waals surface area (Å²) in [5, 5.41) is 7.99. The van der Waals surface area contributed by atoms with Crippen molar-refractivity contribution in [2.75, 3.05) is 0 Å². The van der Waals surface area contributed by atoms with Crippen LogP contribution in [-0.2, 0) is 11.2 Å². The molecule has 20 heavy (non-hydrogen) atoms. The van der Waals surface area contributed by atoms with Crippen LogP contribution >= 0.6 is 0 Å². The fraction of sp³-hybridized carbons (Fsp3) is 0.353. The van der Waals surface area contributed by atoms with E-state index in [1.165, 1.54) is 24.0 Å². The Hall–Kier alpha value is -2.03. The van der Waals surface area contributed by atoms with Gasteiger partial charge in [0, 0.05) is 17.0 Å². The van der Waals surface area contributed by atoms with Gasteiger partial charge in [-0.3, -0.25) is 4.79 Å². The van der Waals surface area contributed by atoms with Crippen LogP contribution in [-0.4, -0.2) is 15.6 Å². The first-order valence-corrected chi connectivity index (χ1v) is 7.12. The standard InChI is InChI=1S/C13H11N.C4H8O2/c1-2-4-9(5-3-1)10-8-13-12-7-6-11(10)14(12)13;1-3(2)4(5)6/h1-5,8,12H,6-7H2;3H,1-2H3,(H,5,6). The molecule has 2 aliphatic rings. The number of carboxylic acids is 1. The number of benzene rings is 1. The van der Waals surface area contributed by atoms with Gasteiger partial charge in [-0.1, -0.05) is 44.2 Å². The highest BCUT2D eigenvalue weighted by molar-refractivity contribution is 5.71. The zero-order chi connectivity index (χ0) is 14.3. The molecule has 1 N–H and O–H groups in total. The highest BCUT2D eigenvalue weighted by Gasteiger charge is 2.41. The number of hydrogen-bond acceptors (Lipinski definition) is 1. The first kappa shape index (κ1) is 13.0. The van der Waals surface area contributed by atoms with Gasteiger partial charge in [0.05, 0.1) is 12.0 Å². The van der Waals surface area contributed by atoms with Gasteiger partial charge in [0.25, 0.3) is 0 Å². The lowest BCUT2D eigenvalue weighted by atomic mass is 10.1. The predicted molar refractivity (Wildman–Crippen MR) is 78.8 cm³/mol. The Bertz CT molecular complexity index is 641. The molecule has 104 valence electrons. The first-order valence-electron chi connectivity index (χ1n) is 7.12. The van der Waals surface area contributed by atoms with Gasteiger partial charge >= 0.3 is 5.97 Å². The van der Waals surface area contributed by atoms with Crippen molar-refractivity contribution < 1.29 is 9.90 Å². The van der Waals surface area contributed by atoms with Gasteiger partial charge in [-0.05, 0) is 24.5 Å². The molecule has 4 rings (SSSR count). The normalized spacial score (nSPS) is 17.4. The summed E-state index contributed by atoms with van der Waals surface area (Å²) in [6, 6.07) is 13.9. The van der Waals surface area contributed by atoms with Crippen molar-refractivity contribution in [2.45, 2.75) is 32.7 Å². The van der Waals surface area contributed by atoms with Gasteiger partial charge in [0.1, 0.15) is 0 Å². The predicted octanol–water partition coefficient (Wildman–Crippen LogP) is 3.73. The molecule has 0 aliphatic carbocycles. The van der Waals surface area contributed by atoms with Crippen molar-refractivity contribution in [1.29, 1.82) is 0 Å². The third-order valence-electron chi connectivity index (χ3n) is 3.99. The largest absolute Gasteiger partial charge is 0.481 e. The number of hydrogen-bond donors (Lipinski definition) is 1. The van der Waals surface area contributed by atoms with Gasteiger partial charge in [-0.25, -0.2) is 0 Å². The zero-order valence-corrected chi connectivity index (χ0v) is 11.8. The molecule has 0 radical (unpaired) electrons.